The Labute approximate surface area is 104 Å². The average Bonchev–Trinajstić information content (AvgIpc) is 2.82. The van der Waals surface area contributed by atoms with Crippen molar-refractivity contribution in [3.63, 3.8) is 0 Å². The van der Waals surface area contributed by atoms with Gasteiger partial charge in [0.15, 0.2) is 0 Å². The van der Waals surface area contributed by atoms with Crippen molar-refractivity contribution in [2.24, 2.45) is 0 Å². The Kier molecular flexibility index (Phi) is 3.31. The molecule has 0 amide bonds. The van der Waals surface area contributed by atoms with Crippen LogP contribution in [0.4, 0.5) is 0 Å². The lowest BCUT2D eigenvalue weighted by Crippen LogP contribution is -2.07. The zero-order valence-electron chi connectivity index (χ0n) is 10.4. The third kappa shape index (κ3) is 2.34. The molecule has 0 radical (unpaired) electrons. The van der Waals surface area contributed by atoms with Crippen molar-refractivity contribution in [1.29, 1.82) is 0 Å². The quantitative estimate of drug-likeness (QED) is 0.748. The molecule has 0 aliphatic rings. The fourth-order valence-electron chi connectivity index (χ4n) is 1.29. The average molecular weight is 247 g/mol. The summed E-state index contributed by atoms with van der Waals surface area (Å²) in [5.41, 5.74) is 1.89. The second-order valence-electron chi connectivity index (χ2n) is 3.68. The van der Waals surface area contributed by atoms with Gasteiger partial charge in [-0.15, -0.1) is 5.10 Å². The third-order valence-electron chi connectivity index (χ3n) is 2.38. The Bertz CT molecular complexity index is 579. The number of esters is 1. The van der Waals surface area contributed by atoms with E-state index in [1.165, 1.54) is 17.1 Å². The Morgan fingerprint density at radius 1 is 1.33 bits per heavy atom. The minimum Gasteiger partial charge on any atom is -0.462 e. The lowest BCUT2D eigenvalue weighted by Gasteiger charge is -2.01. The molecule has 0 atom stereocenters. The molecular formula is C11H13N5O2. The Balaban J connectivity index is 2.29. The Morgan fingerprint density at radius 2 is 2.11 bits per heavy atom. The first-order valence-electron chi connectivity index (χ1n) is 5.52. The molecule has 7 heteroatoms. The van der Waals surface area contributed by atoms with E-state index in [2.05, 4.69) is 20.3 Å². The fraction of sp³-hybridized carbons (Fsp3) is 0.364. The van der Waals surface area contributed by atoms with Gasteiger partial charge in [-0.05, 0) is 20.8 Å². The number of hydrogen-bond acceptors (Lipinski definition) is 6. The number of aryl methyl sites for hydroxylation is 2. The summed E-state index contributed by atoms with van der Waals surface area (Å²) >= 11 is 0. The molecule has 94 valence electrons. The maximum Gasteiger partial charge on any atom is 0.341 e. The van der Waals surface area contributed by atoms with E-state index in [4.69, 9.17) is 4.74 Å². The predicted molar refractivity (Wildman–Crippen MR) is 62.4 cm³/mol. The SMILES string of the molecule is CCOC(=O)c1cnn(-c2nnc(C)c(C)n2)c1. The predicted octanol–water partition coefficient (Wildman–Crippen LogP) is 0.851. The van der Waals surface area contributed by atoms with Crippen molar-refractivity contribution >= 4 is 5.97 Å². The summed E-state index contributed by atoms with van der Waals surface area (Å²) in [6.45, 7) is 5.74. The van der Waals surface area contributed by atoms with Crippen LogP contribution in [0.1, 0.15) is 28.7 Å². The second-order valence-corrected chi connectivity index (χ2v) is 3.68. The molecule has 0 bridgehead atoms. The summed E-state index contributed by atoms with van der Waals surface area (Å²) in [5, 5.41) is 11.9. The van der Waals surface area contributed by atoms with Gasteiger partial charge in [0.25, 0.3) is 5.95 Å². The highest BCUT2D eigenvalue weighted by atomic mass is 16.5. The number of rotatable bonds is 3. The minimum absolute atomic E-state index is 0.325. The molecule has 0 fully saturated rings. The molecule has 0 unspecified atom stereocenters. The van der Waals surface area contributed by atoms with E-state index in [0.29, 0.717) is 18.1 Å². The highest BCUT2D eigenvalue weighted by molar-refractivity contribution is 5.88. The number of hydrogen-bond donors (Lipinski definition) is 0. The van der Waals surface area contributed by atoms with Crippen molar-refractivity contribution in [1.82, 2.24) is 25.0 Å². The number of aromatic nitrogens is 5. The van der Waals surface area contributed by atoms with Crippen LogP contribution in [-0.2, 0) is 4.74 Å². The number of nitrogens with zero attached hydrogens (tertiary/aromatic N) is 5. The molecule has 0 saturated carbocycles. The zero-order valence-corrected chi connectivity index (χ0v) is 10.4. The van der Waals surface area contributed by atoms with Crippen LogP contribution in [0.3, 0.4) is 0 Å². The van der Waals surface area contributed by atoms with Crippen molar-refractivity contribution < 1.29 is 9.53 Å². The molecule has 0 spiro atoms. The first-order valence-corrected chi connectivity index (χ1v) is 5.52. The molecule has 0 aliphatic heterocycles. The van der Waals surface area contributed by atoms with Crippen LogP contribution < -0.4 is 0 Å². The van der Waals surface area contributed by atoms with Crippen LogP contribution in [0, 0.1) is 13.8 Å². The van der Waals surface area contributed by atoms with Gasteiger partial charge >= 0.3 is 5.97 Å². The van der Waals surface area contributed by atoms with Gasteiger partial charge in [-0.25, -0.2) is 14.5 Å². The summed E-state index contributed by atoms with van der Waals surface area (Å²) in [6.07, 6.45) is 2.93. The molecule has 2 aromatic heterocycles. The van der Waals surface area contributed by atoms with Gasteiger partial charge in [-0.1, -0.05) is 0 Å². The van der Waals surface area contributed by atoms with E-state index in [9.17, 15) is 4.79 Å². The van der Waals surface area contributed by atoms with Gasteiger partial charge in [-0.2, -0.15) is 10.2 Å². The van der Waals surface area contributed by atoms with E-state index in [-0.39, 0.29) is 0 Å². The van der Waals surface area contributed by atoms with Crippen LogP contribution in [0.25, 0.3) is 5.95 Å². The Hall–Kier alpha value is -2.31. The van der Waals surface area contributed by atoms with Crippen LogP contribution in [0.5, 0.6) is 0 Å². The molecule has 7 nitrogen and oxygen atoms in total. The first-order chi connectivity index (χ1) is 8.61. The maximum absolute atomic E-state index is 11.5. The van der Waals surface area contributed by atoms with Crippen molar-refractivity contribution in [2.75, 3.05) is 6.61 Å². The van der Waals surface area contributed by atoms with Gasteiger partial charge in [0.2, 0.25) is 0 Å². The lowest BCUT2D eigenvalue weighted by atomic mass is 10.4. The summed E-state index contributed by atoms with van der Waals surface area (Å²) in [6, 6.07) is 0. The molecule has 18 heavy (non-hydrogen) atoms. The second kappa shape index (κ2) is 4.91. The van der Waals surface area contributed by atoms with E-state index in [0.717, 1.165) is 11.4 Å². The van der Waals surface area contributed by atoms with E-state index < -0.39 is 5.97 Å². The number of carbonyl (C=O) groups is 1. The number of ether oxygens (including phenoxy) is 1. The maximum atomic E-state index is 11.5. The highest BCUT2D eigenvalue weighted by Gasteiger charge is 2.12. The van der Waals surface area contributed by atoms with Crippen LogP contribution in [0.15, 0.2) is 12.4 Å². The fourth-order valence-corrected chi connectivity index (χ4v) is 1.29. The van der Waals surface area contributed by atoms with Gasteiger partial charge in [0.1, 0.15) is 0 Å². The summed E-state index contributed by atoms with van der Waals surface area (Å²) < 4.78 is 6.27. The smallest absolute Gasteiger partial charge is 0.341 e. The molecule has 2 rings (SSSR count). The monoisotopic (exact) mass is 247 g/mol. The topological polar surface area (TPSA) is 82.8 Å². The zero-order chi connectivity index (χ0) is 13.1. The Morgan fingerprint density at radius 3 is 2.78 bits per heavy atom. The van der Waals surface area contributed by atoms with Crippen molar-refractivity contribution in [3.05, 3.63) is 29.3 Å². The molecule has 0 aliphatic carbocycles. The van der Waals surface area contributed by atoms with E-state index >= 15 is 0 Å². The third-order valence-corrected chi connectivity index (χ3v) is 2.38. The minimum atomic E-state index is -0.416. The summed E-state index contributed by atoms with van der Waals surface area (Å²) in [5.74, 6) is -0.0887. The van der Waals surface area contributed by atoms with Gasteiger partial charge < -0.3 is 4.74 Å². The van der Waals surface area contributed by atoms with Crippen molar-refractivity contribution in [2.45, 2.75) is 20.8 Å². The molecule has 0 N–H and O–H groups in total. The van der Waals surface area contributed by atoms with Gasteiger partial charge in [0.05, 0.1) is 29.8 Å². The number of carbonyl (C=O) groups excluding carboxylic acids is 1. The van der Waals surface area contributed by atoms with E-state index in [1.54, 1.807) is 6.92 Å². The standard InChI is InChI=1S/C11H13N5O2/c1-4-18-10(17)9-5-12-16(6-9)11-13-7(2)8(3)14-15-11/h5-6H,4H2,1-3H3. The summed E-state index contributed by atoms with van der Waals surface area (Å²) in [4.78, 5) is 15.7. The molecule has 0 aromatic carbocycles. The van der Waals surface area contributed by atoms with Gasteiger partial charge in [0, 0.05) is 6.20 Å². The molecule has 2 aromatic rings. The normalized spacial score (nSPS) is 10.4. The van der Waals surface area contributed by atoms with Crippen LogP contribution >= 0.6 is 0 Å². The highest BCUT2D eigenvalue weighted by Crippen LogP contribution is 2.06. The lowest BCUT2D eigenvalue weighted by molar-refractivity contribution is 0.0526. The van der Waals surface area contributed by atoms with Crippen LogP contribution in [0.2, 0.25) is 0 Å². The molecule has 2 heterocycles. The van der Waals surface area contributed by atoms with Gasteiger partial charge in [-0.3, -0.25) is 0 Å². The molecule has 0 saturated heterocycles. The van der Waals surface area contributed by atoms with Crippen molar-refractivity contribution in [3.8, 4) is 5.95 Å². The first kappa shape index (κ1) is 12.2. The van der Waals surface area contributed by atoms with E-state index in [1.807, 2.05) is 13.8 Å². The largest absolute Gasteiger partial charge is 0.462 e. The summed E-state index contributed by atoms with van der Waals surface area (Å²) in [7, 11) is 0. The van der Waals surface area contributed by atoms with Crippen LogP contribution in [-0.4, -0.2) is 37.5 Å². The molecular weight excluding hydrogens is 234 g/mol.